The van der Waals surface area contributed by atoms with E-state index >= 15 is 0 Å². The van der Waals surface area contributed by atoms with E-state index in [1.165, 1.54) is 12.1 Å². The summed E-state index contributed by atoms with van der Waals surface area (Å²) < 4.78 is 30.0. The second-order valence-electron chi connectivity index (χ2n) is 8.19. The zero-order valence-electron chi connectivity index (χ0n) is 19.9. The van der Waals surface area contributed by atoms with Crippen molar-refractivity contribution in [1.82, 2.24) is 10.1 Å². The maximum Gasteiger partial charge on any atom is 0.328 e. The highest BCUT2D eigenvalue weighted by Crippen LogP contribution is 2.33. The fraction of sp³-hybridized carbons (Fsp3) is 0.346. The molecule has 0 bridgehead atoms. The molecule has 1 aromatic heterocycles. The van der Waals surface area contributed by atoms with Gasteiger partial charge in [-0.15, -0.1) is 0 Å². The number of likely N-dealkylation sites (tertiary alicyclic amines) is 1. The SMILES string of the molecule is COc1ccccc1OCCCN1CCC(c2onc3cc(F)ccc23)CC1.O=C(O)/C=C/C(=O)O. The third kappa shape index (κ3) is 7.81. The predicted molar refractivity (Wildman–Crippen MR) is 130 cm³/mol. The molecule has 2 N–H and O–H groups in total. The van der Waals surface area contributed by atoms with E-state index in [1.54, 1.807) is 13.2 Å². The van der Waals surface area contributed by atoms with E-state index in [4.69, 9.17) is 24.2 Å². The molecule has 3 aromatic rings. The standard InChI is InChI=1S/C22H25FN2O3.C4H4O4/c1-26-20-5-2-3-6-21(20)27-14-4-11-25-12-9-16(10-13-25)22-18-8-7-17(23)15-19(18)24-28-22;5-3(6)1-2-4(7)8/h2-3,5-8,15-16H,4,9-14H2,1H3;1-2H,(H,5,6)(H,7,8)/b;2-1+. The minimum atomic E-state index is -1.26. The normalized spacial score (nSPS) is 14.4. The first kappa shape index (κ1) is 26.7. The van der Waals surface area contributed by atoms with Crippen molar-refractivity contribution in [2.75, 3.05) is 33.4 Å². The van der Waals surface area contributed by atoms with E-state index in [2.05, 4.69) is 10.1 Å². The molecule has 1 aliphatic heterocycles. The number of fused-ring (bicyclic) bond motifs is 1. The van der Waals surface area contributed by atoms with Crippen LogP contribution < -0.4 is 9.47 Å². The van der Waals surface area contributed by atoms with E-state index in [1.807, 2.05) is 24.3 Å². The molecule has 4 rings (SSSR count). The Morgan fingerprint density at radius 3 is 2.42 bits per heavy atom. The molecule has 0 spiro atoms. The highest BCUT2D eigenvalue weighted by molar-refractivity contribution is 5.89. The molecular weight excluding hydrogens is 471 g/mol. The fourth-order valence-electron chi connectivity index (χ4n) is 4.00. The number of carbonyl (C=O) groups is 2. The van der Waals surface area contributed by atoms with Crippen LogP contribution in [0.25, 0.3) is 10.9 Å². The number of hydrogen-bond donors (Lipinski definition) is 2. The molecule has 2 aromatic carbocycles. The summed E-state index contributed by atoms with van der Waals surface area (Å²) in [6.45, 7) is 3.70. The summed E-state index contributed by atoms with van der Waals surface area (Å²) >= 11 is 0. The Morgan fingerprint density at radius 1 is 1.11 bits per heavy atom. The molecule has 0 atom stereocenters. The Balaban J connectivity index is 0.000000392. The number of halogens is 1. The van der Waals surface area contributed by atoms with E-state index < -0.39 is 11.9 Å². The Bertz CT molecular complexity index is 1170. The summed E-state index contributed by atoms with van der Waals surface area (Å²) in [4.78, 5) is 21.6. The van der Waals surface area contributed by atoms with Crippen molar-refractivity contribution < 1.29 is 38.2 Å². The van der Waals surface area contributed by atoms with Gasteiger partial charge in [-0.3, -0.25) is 0 Å². The number of hydrogen-bond acceptors (Lipinski definition) is 7. The number of carboxylic acid groups (broad SMARTS) is 2. The summed E-state index contributed by atoms with van der Waals surface area (Å²) in [6, 6.07) is 12.4. The summed E-state index contributed by atoms with van der Waals surface area (Å²) in [7, 11) is 1.65. The van der Waals surface area contributed by atoms with Gasteiger partial charge in [-0.2, -0.15) is 0 Å². The number of carboxylic acids is 2. The van der Waals surface area contributed by atoms with Crippen LogP contribution in [0.5, 0.6) is 11.5 Å². The van der Waals surface area contributed by atoms with Crippen molar-refractivity contribution in [2.45, 2.75) is 25.2 Å². The summed E-state index contributed by atoms with van der Waals surface area (Å²) in [5.74, 6) is 0.00262. The van der Waals surface area contributed by atoms with Crippen molar-refractivity contribution in [3.63, 3.8) is 0 Å². The van der Waals surface area contributed by atoms with Crippen LogP contribution in [-0.2, 0) is 9.59 Å². The minimum absolute atomic E-state index is 0.280. The van der Waals surface area contributed by atoms with Crippen LogP contribution in [0.1, 0.15) is 30.9 Å². The van der Waals surface area contributed by atoms with Gasteiger partial charge in [0.1, 0.15) is 17.1 Å². The topological polar surface area (TPSA) is 122 Å². The number of methoxy groups -OCH3 is 1. The molecule has 0 amide bonds. The number of rotatable bonds is 9. The smallest absolute Gasteiger partial charge is 0.328 e. The summed E-state index contributed by atoms with van der Waals surface area (Å²) in [5.41, 5.74) is 0.603. The lowest BCUT2D eigenvalue weighted by molar-refractivity contribution is -0.134. The van der Waals surface area contributed by atoms with Crippen LogP contribution in [0.2, 0.25) is 0 Å². The molecule has 10 heteroatoms. The van der Waals surface area contributed by atoms with Gasteiger partial charge in [0, 0.05) is 36.1 Å². The van der Waals surface area contributed by atoms with E-state index in [-0.39, 0.29) is 5.82 Å². The largest absolute Gasteiger partial charge is 0.493 e. The summed E-state index contributed by atoms with van der Waals surface area (Å²) in [5, 5.41) is 20.6. The first-order chi connectivity index (χ1) is 17.4. The lowest BCUT2D eigenvalue weighted by Gasteiger charge is -2.30. The summed E-state index contributed by atoms with van der Waals surface area (Å²) in [6.07, 6.45) is 4.13. The van der Waals surface area contributed by atoms with Gasteiger partial charge >= 0.3 is 11.9 Å². The Morgan fingerprint density at radius 2 is 1.78 bits per heavy atom. The average Bonchev–Trinajstić information content (AvgIpc) is 3.29. The Hall–Kier alpha value is -3.92. The van der Waals surface area contributed by atoms with Crippen LogP contribution in [0, 0.1) is 5.82 Å². The van der Waals surface area contributed by atoms with Gasteiger partial charge in [0.15, 0.2) is 11.5 Å². The molecule has 0 radical (unpaired) electrons. The molecule has 1 saturated heterocycles. The highest BCUT2D eigenvalue weighted by Gasteiger charge is 2.25. The molecule has 0 unspecified atom stereocenters. The zero-order chi connectivity index (χ0) is 25.9. The second kappa shape index (κ2) is 13.2. The monoisotopic (exact) mass is 500 g/mol. The second-order valence-corrected chi connectivity index (χ2v) is 8.19. The quantitative estimate of drug-likeness (QED) is 0.326. The lowest BCUT2D eigenvalue weighted by Crippen LogP contribution is -2.34. The maximum absolute atomic E-state index is 13.3. The van der Waals surface area contributed by atoms with Crippen molar-refractivity contribution in [3.8, 4) is 11.5 Å². The number of nitrogens with zero attached hydrogens (tertiary/aromatic N) is 2. The van der Waals surface area contributed by atoms with Gasteiger partial charge in [0.2, 0.25) is 0 Å². The number of aliphatic carboxylic acids is 2. The van der Waals surface area contributed by atoms with E-state index in [9.17, 15) is 14.0 Å². The average molecular weight is 501 g/mol. The van der Waals surface area contributed by atoms with Gasteiger partial charge < -0.3 is 29.1 Å². The van der Waals surface area contributed by atoms with Crippen LogP contribution in [0.3, 0.4) is 0 Å². The van der Waals surface area contributed by atoms with Gasteiger partial charge in [-0.05, 0) is 56.6 Å². The lowest BCUT2D eigenvalue weighted by atomic mass is 9.92. The first-order valence-electron chi connectivity index (χ1n) is 11.5. The predicted octanol–water partition coefficient (Wildman–Crippen LogP) is 4.34. The van der Waals surface area contributed by atoms with Crippen LogP contribution in [0.4, 0.5) is 4.39 Å². The molecule has 36 heavy (non-hydrogen) atoms. The van der Waals surface area contributed by atoms with Crippen molar-refractivity contribution in [1.29, 1.82) is 0 Å². The van der Waals surface area contributed by atoms with Gasteiger partial charge in [-0.1, -0.05) is 17.3 Å². The highest BCUT2D eigenvalue weighted by atomic mass is 19.1. The molecular formula is C26H29FN2O7. The van der Waals surface area contributed by atoms with E-state index in [0.717, 1.165) is 61.5 Å². The van der Waals surface area contributed by atoms with Crippen molar-refractivity contribution >= 4 is 22.8 Å². The number of benzene rings is 2. The molecule has 192 valence electrons. The van der Waals surface area contributed by atoms with E-state index in [0.29, 0.717) is 30.2 Å². The minimum Gasteiger partial charge on any atom is -0.493 e. The first-order valence-corrected chi connectivity index (χ1v) is 11.5. The molecule has 2 heterocycles. The maximum atomic E-state index is 13.3. The van der Waals surface area contributed by atoms with Gasteiger partial charge in [0.25, 0.3) is 0 Å². The van der Waals surface area contributed by atoms with Crippen molar-refractivity contribution in [3.05, 3.63) is 66.2 Å². The number of para-hydroxylation sites is 2. The molecule has 1 aliphatic rings. The zero-order valence-corrected chi connectivity index (χ0v) is 19.9. The molecule has 9 nitrogen and oxygen atoms in total. The van der Waals surface area contributed by atoms with Gasteiger partial charge in [0.05, 0.1) is 13.7 Å². The van der Waals surface area contributed by atoms with Gasteiger partial charge in [-0.25, -0.2) is 14.0 Å². The number of piperidine rings is 1. The molecule has 0 saturated carbocycles. The third-order valence-electron chi connectivity index (χ3n) is 5.74. The Kier molecular flexibility index (Phi) is 9.82. The molecule has 1 fully saturated rings. The Labute approximate surface area is 207 Å². The van der Waals surface area contributed by atoms with Crippen LogP contribution >= 0.6 is 0 Å². The van der Waals surface area contributed by atoms with Crippen LogP contribution in [0.15, 0.2) is 59.1 Å². The number of ether oxygens (including phenoxy) is 2. The molecule has 0 aliphatic carbocycles. The number of aromatic nitrogens is 1. The van der Waals surface area contributed by atoms with Crippen molar-refractivity contribution in [2.24, 2.45) is 0 Å². The fourth-order valence-corrected chi connectivity index (χ4v) is 4.00. The third-order valence-corrected chi connectivity index (χ3v) is 5.74. The van der Waals surface area contributed by atoms with Crippen LogP contribution in [-0.4, -0.2) is 65.6 Å².